The minimum absolute atomic E-state index is 0.0760. The van der Waals surface area contributed by atoms with Crippen LogP contribution in [0.4, 0.5) is 19.4 Å². The number of aromatic nitrogens is 3. The van der Waals surface area contributed by atoms with E-state index in [1.807, 2.05) is 30.3 Å². The van der Waals surface area contributed by atoms with Crippen LogP contribution in [0.1, 0.15) is 56.4 Å². The molecule has 3 aliphatic rings. The lowest BCUT2D eigenvalue weighted by Gasteiger charge is -2.37. The number of nitrogens with zero attached hydrogens (tertiary/aromatic N) is 3. The predicted molar refractivity (Wildman–Crippen MR) is 147 cm³/mol. The zero-order valence-electron chi connectivity index (χ0n) is 22.9. The molecule has 2 atom stereocenters. The van der Waals surface area contributed by atoms with Gasteiger partial charge in [0.25, 0.3) is 0 Å². The van der Waals surface area contributed by atoms with Crippen molar-refractivity contribution < 1.29 is 33.0 Å². The van der Waals surface area contributed by atoms with E-state index in [0.29, 0.717) is 50.2 Å². The predicted octanol–water partition coefficient (Wildman–Crippen LogP) is 6.23. The standard InChI is InChI=1S/C30H32F2N4O5/c1-18-27(33-29(39)41-19(2)20-6-4-3-5-7-20)36(35-34-18)26-17-24(31)23(16-25(26)32)21-8-10-22(11-9-21)30(28(37)38)12-14-40-15-13-30/h3-8,10,16,19,24H,9,11-15,17H2,1-2H3,(H,33,39)(H,37,38). The van der Waals surface area contributed by atoms with Gasteiger partial charge >= 0.3 is 12.1 Å². The van der Waals surface area contributed by atoms with Gasteiger partial charge in [0.05, 0.1) is 11.1 Å². The Morgan fingerprint density at radius 3 is 2.59 bits per heavy atom. The van der Waals surface area contributed by atoms with Crippen molar-refractivity contribution in [2.45, 2.75) is 58.2 Å². The third-order valence-corrected chi connectivity index (χ3v) is 8.03. The van der Waals surface area contributed by atoms with Crippen molar-refractivity contribution in [3.63, 3.8) is 0 Å². The van der Waals surface area contributed by atoms with Gasteiger partial charge in [-0.15, -0.1) is 5.10 Å². The van der Waals surface area contributed by atoms with Crippen LogP contribution in [0, 0.1) is 12.3 Å². The van der Waals surface area contributed by atoms with E-state index in [2.05, 4.69) is 15.6 Å². The number of allylic oxidation sites excluding steroid dienone is 7. The average Bonchev–Trinajstić information content (AvgIpc) is 3.33. The second kappa shape index (κ2) is 11.8. The first-order valence-electron chi connectivity index (χ1n) is 13.6. The number of anilines is 1. The molecule has 2 N–H and O–H groups in total. The summed E-state index contributed by atoms with van der Waals surface area (Å²) in [6.45, 7) is 4.07. The highest BCUT2D eigenvalue weighted by molar-refractivity contribution is 5.85. The van der Waals surface area contributed by atoms with Crippen LogP contribution in [-0.4, -0.2) is 51.5 Å². The Hall–Kier alpha value is -4.12. The second-order valence-corrected chi connectivity index (χ2v) is 10.5. The topological polar surface area (TPSA) is 116 Å². The number of rotatable bonds is 7. The van der Waals surface area contributed by atoms with E-state index < -0.39 is 35.6 Å². The SMILES string of the molecule is Cc1nnn(C2=C(F)C=C(C3=CC=C(C4(C(=O)O)CCOCC4)CC3)C(F)C2)c1NC(=O)OC(C)c1ccccc1. The Kier molecular flexibility index (Phi) is 8.16. The van der Waals surface area contributed by atoms with Crippen LogP contribution >= 0.6 is 0 Å². The number of hydrogen-bond acceptors (Lipinski definition) is 6. The molecule has 216 valence electrons. The Morgan fingerprint density at radius 2 is 1.93 bits per heavy atom. The van der Waals surface area contributed by atoms with Gasteiger partial charge in [-0.3, -0.25) is 10.1 Å². The first kappa shape index (κ1) is 28.4. The van der Waals surface area contributed by atoms with Crippen molar-refractivity contribution in [3.05, 3.63) is 82.4 Å². The fourth-order valence-electron chi connectivity index (χ4n) is 5.61. The number of aliphatic carboxylic acids is 1. The fourth-order valence-corrected chi connectivity index (χ4v) is 5.61. The summed E-state index contributed by atoms with van der Waals surface area (Å²) < 4.78 is 42.9. The summed E-state index contributed by atoms with van der Waals surface area (Å²) in [6, 6.07) is 9.18. The van der Waals surface area contributed by atoms with E-state index in [-0.39, 0.29) is 23.5 Å². The molecule has 5 rings (SSSR count). The van der Waals surface area contributed by atoms with Gasteiger partial charge in [0.15, 0.2) is 5.82 Å². The maximum absolute atomic E-state index is 15.5. The molecule has 41 heavy (non-hydrogen) atoms. The quantitative estimate of drug-likeness (QED) is 0.408. The number of carbonyl (C=O) groups excluding carboxylic acids is 1. The number of amides is 1. The molecular weight excluding hydrogens is 534 g/mol. The maximum atomic E-state index is 15.5. The van der Waals surface area contributed by atoms with Crippen LogP contribution < -0.4 is 5.32 Å². The summed E-state index contributed by atoms with van der Waals surface area (Å²) in [6.07, 6.45) is 3.03. The van der Waals surface area contributed by atoms with Crippen molar-refractivity contribution in [1.82, 2.24) is 15.0 Å². The summed E-state index contributed by atoms with van der Waals surface area (Å²) in [5.41, 5.74) is 1.66. The Morgan fingerprint density at radius 1 is 1.20 bits per heavy atom. The highest BCUT2D eigenvalue weighted by Crippen LogP contribution is 2.45. The number of hydrogen-bond donors (Lipinski definition) is 2. The first-order chi connectivity index (χ1) is 19.7. The van der Waals surface area contributed by atoms with Crippen molar-refractivity contribution in [1.29, 1.82) is 0 Å². The van der Waals surface area contributed by atoms with Gasteiger partial charge in [-0.05, 0) is 62.3 Å². The van der Waals surface area contributed by atoms with Crippen LogP contribution in [0.3, 0.4) is 0 Å². The van der Waals surface area contributed by atoms with Gasteiger partial charge in [0.1, 0.15) is 23.8 Å². The molecule has 1 fully saturated rings. The van der Waals surface area contributed by atoms with Crippen LogP contribution in [-0.2, 0) is 14.3 Å². The van der Waals surface area contributed by atoms with Gasteiger partial charge in [0, 0.05) is 19.6 Å². The molecule has 1 saturated heterocycles. The number of carbonyl (C=O) groups is 2. The molecule has 2 aromatic rings. The van der Waals surface area contributed by atoms with E-state index in [9.17, 15) is 14.7 Å². The maximum Gasteiger partial charge on any atom is 0.413 e. The van der Waals surface area contributed by atoms with E-state index >= 15 is 8.78 Å². The number of alkyl halides is 1. The summed E-state index contributed by atoms with van der Waals surface area (Å²) >= 11 is 0. The molecule has 2 heterocycles. The van der Waals surface area contributed by atoms with Crippen molar-refractivity contribution >= 4 is 23.6 Å². The number of carboxylic acid groups (broad SMARTS) is 1. The van der Waals surface area contributed by atoms with Crippen molar-refractivity contribution in [2.24, 2.45) is 5.41 Å². The third-order valence-electron chi connectivity index (χ3n) is 8.03. The number of nitrogens with one attached hydrogen (secondary N) is 1. The average molecular weight is 567 g/mol. The summed E-state index contributed by atoms with van der Waals surface area (Å²) in [4.78, 5) is 24.8. The highest BCUT2D eigenvalue weighted by Gasteiger charge is 2.44. The Labute approximate surface area is 236 Å². The Balaban J connectivity index is 1.36. The molecule has 2 unspecified atom stereocenters. The molecule has 1 aromatic carbocycles. The summed E-state index contributed by atoms with van der Waals surface area (Å²) in [5, 5.41) is 20.4. The minimum Gasteiger partial charge on any atom is -0.481 e. The van der Waals surface area contributed by atoms with E-state index in [4.69, 9.17) is 9.47 Å². The van der Waals surface area contributed by atoms with Crippen LogP contribution in [0.25, 0.3) is 5.70 Å². The highest BCUT2D eigenvalue weighted by atomic mass is 19.1. The number of aryl methyl sites for hydroxylation is 1. The largest absolute Gasteiger partial charge is 0.481 e. The number of carboxylic acids is 1. The van der Waals surface area contributed by atoms with Gasteiger partial charge in [-0.2, -0.15) is 4.68 Å². The van der Waals surface area contributed by atoms with Gasteiger partial charge in [-0.25, -0.2) is 13.6 Å². The normalized spacial score (nSPS) is 21.4. The lowest BCUT2D eigenvalue weighted by atomic mass is 9.70. The van der Waals surface area contributed by atoms with Crippen molar-refractivity contribution in [3.8, 4) is 0 Å². The molecule has 0 radical (unpaired) electrons. The number of ether oxygens (including phenoxy) is 2. The van der Waals surface area contributed by atoms with Gasteiger partial charge in [0.2, 0.25) is 0 Å². The number of benzene rings is 1. The summed E-state index contributed by atoms with van der Waals surface area (Å²) in [7, 11) is 0. The minimum atomic E-state index is -1.54. The molecule has 1 amide bonds. The van der Waals surface area contributed by atoms with E-state index in [0.717, 1.165) is 21.9 Å². The zero-order valence-corrected chi connectivity index (χ0v) is 22.9. The molecule has 0 spiro atoms. The van der Waals surface area contributed by atoms with Crippen molar-refractivity contribution in [2.75, 3.05) is 18.5 Å². The lowest BCUT2D eigenvalue weighted by Crippen LogP contribution is -2.39. The smallest absolute Gasteiger partial charge is 0.413 e. The summed E-state index contributed by atoms with van der Waals surface area (Å²) in [5.74, 6) is -1.49. The van der Waals surface area contributed by atoms with Gasteiger partial charge in [-0.1, -0.05) is 53.3 Å². The fraction of sp³-hybridized carbons (Fsp3) is 0.400. The molecule has 9 nitrogen and oxygen atoms in total. The van der Waals surface area contributed by atoms with Crippen LogP contribution in [0.2, 0.25) is 0 Å². The molecule has 0 bridgehead atoms. The van der Waals surface area contributed by atoms with Crippen LogP contribution in [0.5, 0.6) is 0 Å². The van der Waals surface area contributed by atoms with Gasteiger partial charge < -0.3 is 14.6 Å². The van der Waals surface area contributed by atoms with E-state index in [1.165, 1.54) is 0 Å². The van der Waals surface area contributed by atoms with E-state index in [1.54, 1.807) is 26.0 Å². The molecule has 11 heteroatoms. The second-order valence-electron chi connectivity index (χ2n) is 10.5. The molecule has 0 saturated carbocycles. The number of halogens is 2. The lowest BCUT2D eigenvalue weighted by molar-refractivity contribution is -0.151. The van der Waals surface area contributed by atoms with Crippen LogP contribution in [0.15, 0.2) is 71.1 Å². The zero-order chi connectivity index (χ0) is 29.1. The monoisotopic (exact) mass is 566 g/mol. The molecule has 2 aliphatic carbocycles. The molecule has 1 aliphatic heterocycles. The molecule has 1 aromatic heterocycles. The third kappa shape index (κ3) is 5.72. The molecular formula is C30H32F2N4O5. The first-order valence-corrected chi connectivity index (χ1v) is 13.6. The Bertz CT molecular complexity index is 1450.